The molecule has 4 heteroatoms. The SMILES string of the molecule is CCCCCCCCCCC(=O)N(C)C(N)=S. The number of nitrogens with two attached hydrogens (primary N) is 1. The maximum Gasteiger partial charge on any atom is 0.228 e. The quantitative estimate of drug-likeness (QED) is 0.510. The van der Waals surface area contributed by atoms with Crippen molar-refractivity contribution in [2.24, 2.45) is 5.73 Å². The molecule has 0 aliphatic carbocycles. The Morgan fingerprint density at radius 1 is 1.06 bits per heavy atom. The Kier molecular flexibility index (Phi) is 10.1. The summed E-state index contributed by atoms with van der Waals surface area (Å²) < 4.78 is 0. The Hall–Kier alpha value is -0.640. The van der Waals surface area contributed by atoms with Gasteiger partial charge in [-0.25, -0.2) is 0 Å². The van der Waals surface area contributed by atoms with Gasteiger partial charge in [-0.15, -0.1) is 0 Å². The summed E-state index contributed by atoms with van der Waals surface area (Å²) in [5.74, 6) is 0.0310. The lowest BCUT2D eigenvalue weighted by Crippen LogP contribution is -2.36. The summed E-state index contributed by atoms with van der Waals surface area (Å²) >= 11 is 4.74. The first-order valence-electron chi connectivity index (χ1n) is 6.65. The van der Waals surface area contributed by atoms with Crippen LogP contribution in [-0.4, -0.2) is 23.0 Å². The Morgan fingerprint density at radius 3 is 2.00 bits per heavy atom. The van der Waals surface area contributed by atoms with E-state index in [4.69, 9.17) is 18.0 Å². The van der Waals surface area contributed by atoms with Gasteiger partial charge in [-0.05, 0) is 18.6 Å². The average Bonchev–Trinajstić information content (AvgIpc) is 2.31. The van der Waals surface area contributed by atoms with Crippen LogP contribution >= 0.6 is 12.2 Å². The molecule has 0 aliphatic heterocycles. The van der Waals surface area contributed by atoms with Crippen molar-refractivity contribution < 1.29 is 4.79 Å². The zero-order valence-electron chi connectivity index (χ0n) is 11.2. The Bertz CT molecular complexity index is 231. The molecule has 0 saturated carbocycles. The molecule has 0 bridgehead atoms. The molecule has 1 amide bonds. The molecule has 3 nitrogen and oxygen atoms in total. The number of thiocarbonyl (C=S) groups is 1. The molecule has 17 heavy (non-hydrogen) atoms. The van der Waals surface area contributed by atoms with Crippen LogP contribution in [0.3, 0.4) is 0 Å². The molecule has 0 aromatic heterocycles. The predicted molar refractivity (Wildman–Crippen MR) is 76.8 cm³/mol. The van der Waals surface area contributed by atoms with Gasteiger partial charge in [0.25, 0.3) is 0 Å². The second kappa shape index (κ2) is 10.5. The third-order valence-corrected chi connectivity index (χ3v) is 3.22. The van der Waals surface area contributed by atoms with E-state index >= 15 is 0 Å². The van der Waals surface area contributed by atoms with Gasteiger partial charge >= 0.3 is 0 Å². The van der Waals surface area contributed by atoms with Crippen LogP contribution in [0.5, 0.6) is 0 Å². The molecule has 0 atom stereocenters. The number of amides is 1. The highest BCUT2D eigenvalue weighted by Gasteiger charge is 2.09. The van der Waals surface area contributed by atoms with Crippen molar-refractivity contribution in [3.05, 3.63) is 0 Å². The zero-order chi connectivity index (χ0) is 13.1. The molecule has 0 radical (unpaired) electrons. The summed E-state index contributed by atoms with van der Waals surface area (Å²) in [6, 6.07) is 0. The van der Waals surface area contributed by atoms with Gasteiger partial charge in [0.15, 0.2) is 5.11 Å². The first-order valence-corrected chi connectivity index (χ1v) is 7.06. The summed E-state index contributed by atoms with van der Waals surface area (Å²) in [5, 5.41) is 0.162. The molecule has 100 valence electrons. The molecule has 0 rings (SSSR count). The van der Waals surface area contributed by atoms with Crippen LogP contribution in [0.1, 0.15) is 64.7 Å². The van der Waals surface area contributed by atoms with E-state index in [9.17, 15) is 4.79 Å². The van der Waals surface area contributed by atoms with Gasteiger partial charge in [0, 0.05) is 13.5 Å². The highest BCUT2D eigenvalue weighted by Crippen LogP contribution is 2.10. The fourth-order valence-electron chi connectivity index (χ4n) is 1.70. The smallest absolute Gasteiger partial charge is 0.228 e. The molecule has 0 unspecified atom stereocenters. The molecular formula is C13H26N2OS. The Balaban J connectivity index is 3.34. The molecule has 0 aromatic carbocycles. The second-order valence-corrected chi connectivity index (χ2v) is 4.93. The topological polar surface area (TPSA) is 46.3 Å². The lowest BCUT2D eigenvalue weighted by molar-refractivity contribution is -0.126. The van der Waals surface area contributed by atoms with E-state index in [1.807, 2.05) is 0 Å². The Labute approximate surface area is 111 Å². The number of hydrogen-bond acceptors (Lipinski definition) is 2. The lowest BCUT2D eigenvalue weighted by atomic mass is 10.1. The molecule has 0 heterocycles. The van der Waals surface area contributed by atoms with Crippen LogP contribution in [0.4, 0.5) is 0 Å². The van der Waals surface area contributed by atoms with Crippen molar-refractivity contribution >= 4 is 23.2 Å². The molecule has 0 spiro atoms. The standard InChI is InChI=1S/C13H26N2OS/c1-3-4-5-6-7-8-9-10-11-12(16)15(2)13(14)17/h3-11H2,1-2H3,(H2,14,17). The summed E-state index contributed by atoms with van der Waals surface area (Å²) in [6.07, 6.45) is 10.5. The van der Waals surface area contributed by atoms with E-state index in [2.05, 4.69) is 6.92 Å². The van der Waals surface area contributed by atoms with Gasteiger partial charge in [-0.3, -0.25) is 9.69 Å². The number of rotatable bonds is 9. The van der Waals surface area contributed by atoms with Crippen molar-refractivity contribution in [3.8, 4) is 0 Å². The summed E-state index contributed by atoms with van der Waals surface area (Å²) in [7, 11) is 1.63. The molecule has 0 saturated heterocycles. The van der Waals surface area contributed by atoms with E-state index in [0.717, 1.165) is 12.8 Å². The zero-order valence-corrected chi connectivity index (χ0v) is 12.0. The van der Waals surface area contributed by atoms with E-state index in [-0.39, 0.29) is 11.0 Å². The highest BCUT2D eigenvalue weighted by atomic mass is 32.1. The number of nitrogens with zero attached hydrogens (tertiary/aromatic N) is 1. The minimum absolute atomic E-state index is 0.0310. The molecule has 0 aromatic rings. The average molecular weight is 258 g/mol. The molecule has 0 fully saturated rings. The fourth-order valence-corrected chi connectivity index (χ4v) is 1.80. The fraction of sp³-hybridized carbons (Fsp3) is 0.846. The van der Waals surface area contributed by atoms with Gasteiger partial charge < -0.3 is 5.73 Å². The second-order valence-electron chi connectivity index (χ2n) is 4.52. The number of carbonyl (C=O) groups excluding carboxylic acids is 1. The van der Waals surface area contributed by atoms with Crippen LogP contribution in [0.2, 0.25) is 0 Å². The van der Waals surface area contributed by atoms with Crippen molar-refractivity contribution in [2.75, 3.05) is 7.05 Å². The molecular weight excluding hydrogens is 232 g/mol. The molecule has 0 aliphatic rings. The number of hydrogen-bond donors (Lipinski definition) is 1. The van der Waals surface area contributed by atoms with Gasteiger partial charge in [0.2, 0.25) is 5.91 Å². The number of carbonyl (C=O) groups is 1. The normalized spacial score (nSPS) is 10.2. The molecule has 2 N–H and O–H groups in total. The first-order chi connectivity index (χ1) is 8.09. The maximum atomic E-state index is 11.5. The Morgan fingerprint density at radius 2 is 1.53 bits per heavy atom. The third kappa shape index (κ3) is 9.10. The summed E-state index contributed by atoms with van der Waals surface area (Å²) in [5.41, 5.74) is 5.37. The third-order valence-electron chi connectivity index (χ3n) is 2.95. The van der Waals surface area contributed by atoms with Crippen molar-refractivity contribution in [1.82, 2.24) is 4.90 Å². The van der Waals surface area contributed by atoms with E-state index in [1.165, 1.54) is 43.4 Å². The van der Waals surface area contributed by atoms with Gasteiger partial charge in [0.1, 0.15) is 0 Å². The van der Waals surface area contributed by atoms with Crippen molar-refractivity contribution in [2.45, 2.75) is 64.7 Å². The summed E-state index contributed by atoms with van der Waals surface area (Å²) in [6.45, 7) is 2.23. The van der Waals surface area contributed by atoms with Gasteiger partial charge in [-0.2, -0.15) is 0 Å². The van der Waals surface area contributed by atoms with Crippen LogP contribution < -0.4 is 5.73 Å². The lowest BCUT2D eigenvalue weighted by Gasteiger charge is -2.14. The van der Waals surface area contributed by atoms with Crippen molar-refractivity contribution in [1.29, 1.82) is 0 Å². The van der Waals surface area contributed by atoms with Crippen LogP contribution in [0.15, 0.2) is 0 Å². The largest absolute Gasteiger partial charge is 0.376 e. The van der Waals surface area contributed by atoms with Crippen LogP contribution in [0, 0.1) is 0 Å². The minimum Gasteiger partial charge on any atom is -0.376 e. The first kappa shape index (κ1) is 16.4. The summed E-state index contributed by atoms with van der Waals surface area (Å²) in [4.78, 5) is 12.9. The van der Waals surface area contributed by atoms with E-state index < -0.39 is 0 Å². The predicted octanol–water partition coefficient (Wildman–Crippen LogP) is 3.22. The monoisotopic (exact) mass is 258 g/mol. The van der Waals surface area contributed by atoms with E-state index in [1.54, 1.807) is 7.05 Å². The maximum absolute atomic E-state index is 11.5. The van der Waals surface area contributed by atoms with Gasteiger partial charge in [-0.1, -0.05) is 51.9 Å². The number of unbranched alkanes of at least 4 members (excludes halogenated alkanes) is 7. The van der Waals surface area contributed by atoms with Gasteiger partial charge in [0.05, 0.1) is 0 Å². The van der Waals surface area contributed by atoms with Crippen LogP contribution in [-0.2, 0) is 4.79 Å². The van der Waals surface area contributed by atoms with Crippen molar-refractivity contribution in [3.63, 3.8) is 0 Å². The minimum atomic E-state index is 0.0310. The highest BCUT2D eigenvalue weighted by molar-refractivity contribution is 7.80. The van der Waals surface area contributed by atoms with E-state index in [0.29, 0.717) is 6.42 Å². The van der Waals surface area contributed by atoms with Crippen LogP contribution in [0.25, 0.3) is 0 Å².